The van der Waals surface area contributed by atoms with Crippen LogP contribution in [0.15, 0.2) is 59.0 Å². The summed E-state index contributed by atoms with van der Waals surface area (Å²) in [7, 11) is 0. The lowest BCUT2D eigenvalue weighted by molar-refractivity contribution is -0.134. The van der Waals surface area contributed by atoms with E-state index < -0.39 is 18.4 Å². The summed E-state index contributed by atoms with van der Waals surface area (Å²) in [6.07, 6.45) is 3.67. The number of ether oxygens (including phenoxy) is 1. The zero-order valence-corrected chi connectivity index (χ0v) is 19.9. The van der Waals surface area contributed by atoms with Crippen LogP contribution in [0.4, 0.5) is 0 Å². The molecule has 0 aliphatic carbocycles. The lowest BCUT2D eigenvalue weighted by Crippen LogP contribution is -2.46. The lowest BCUT2D eigenvalue weighted by atomic mass is 10.1. The number of hydrogen-bond donors (Lipinski definition) is 1. The number of nitrogens with zero attached hydrogens (tertiary/aromatic N) is 1. The molecule has 3 rings (SSSR count). The number of carbonyl (C=O) groups excluding carboxylic acids is 2. The van der Waals surface area contributed by atoms with E-state index in [1.54, 1.807) is 6.08 Å². The van der Waals surface area contributed by atoms with Crippen LogP contribution in [0.2, 0.25) is 15.1 Å². The third-order valence-corrected chi connectivity index (χ3v) is 6.24. The van der Waals surface area contributed by atoms with Crippen LogP contribution in [0.5, 0.6) is 5.75 Å². The third-order valence-electron chi connectivity index (χ3n) is 3.92. The van der Waals surface area contributed by atoms with Crippen LogP contribution in [0.1, 0.15) is 12.5 Å². The van der Waals surface area contributed by atoms with Crippen molar-refractivity contribution in [3.63, 3.8) is 0 Å². The van der Waals surface area contributed by atoms with Crippen LogP contribution in [0.3, 0.4) is 0 Å². The standard InChI is InChI=1S/C21H15Cl3N2O3S2/c1-12(7-13-5-3-2-4-6-13)8-18-20(28)26(21(30)31-18)25-19(27)11-29-17-10-15(23)14(22)9-16(17)24/h2-10H,11H2,1H3,(H,25,27). The molecule has 0 unspecified atom stereocenters. The Bertz CT molecular complexity index is 1100. The van der Waals surface area contributed by atoms with Crippen LogP contribution in [0.25, 0.3) is 6.08 Å². The maximum atomic E-state index is 12.7. The van der Waals surface area contributed by atoms with Gasteiger partial charge in [-0.3, -0.25) is 15.0 Å². The van der Waals surface area contributed by atoms with Gasteiger partial charge in [0.1, 0.15) is 5.75 Å². The number of carbonyl (C=O) groups is 2. The van der Waals surface area contributed by atoms with Gasteiger partial charge in [0.25, 0.3) is 11.8 Å². The van der Waals surface area contributed by atoms with Gasteiger partial charge in [-0.05, 0) is 42.4 Å². The number of hydrazine groups is 1. The van der Waals surface area contributed by atoms with Gasteiger partial charge in [-0.1, -0.05) is 83.0 Å². The van der Waals surface area contributed by atoms with Crippen LogP contribution in [0, 0.1) is 0 Å². The Labute approximate surface area is 203 Å². The Morgan fingerprint density at radius 3 is 2.55 bits per heavy atom. The van der Waals surface area contributed by atoms with Crippen LogP contribution in [-0.2, 0) is 9.59 Å². The number of thioether (sulfide) groups is 1. The molecular weight excluding hydrogens is 499 g/mol. The molecule has 160 valence electrons. The molecule has 1 heterocycles. The topological polar surface area (TPSA) is 58.6 Å². The van der Waals surface area contributed by atoms with E-state index in [0.717, 1.165) is 27.9 Å². The smallest absolute Gasteiger partial charge is 0.285 e. The van der Waals surface area contributed by atoms with Gasteiger partial charge >= 0.3 is 0 Å². The predicted molar refractivity (Wildman–Crippen MR) is 130 cm³/mol. The maximum absolute atomic E-state index is 12.7. The molecule has 1 N–H and O–H groups in total. The fourth-order valence-corrected chi connectivity index (χ4v) is 4.36. The van der Waals surface area contributed by atoms with Crippen molar-refractivity contribution in [1.82, 2.24) is 10.4 Å². The van der Waals surface area contributed by atoms with E-state index in [2.05, 4.69) is 5.43 Å². The number of thiocarbonyl (C=S) groups is 1. The third kappa shape index (κ3) is 6.24. The molecular formula is C21H15Cl3N2O3S2. The fraction of sp³-hybridized carbons (Fsp3) is 0.0952. The molecule has 0 atom stereocenters. The highest BCUT2D eigenvalue weighted by atomic mass is 35.5. The molecule has 1 fully saturated rings. The summed E-state index contributed by atoms with van der Waals surface area (Å²) in [5, 5.41) is 1.73. The molecule has 5 nitrogen and oxygen atoms in total. The SMILES string of the molecule is CC(=Cc1ccccc1)C=C1SC(=S)N(NC(=O)COc2cc(Cl)c(Cl)cc2Cl)C1=O. The van der Waals surface area contributed by atoms with Crippen LogP contribution < -0.4 is 10.2 Å². The molecule has 2 amide bonds. The predicted octanol–water partition coefficient (Wildman–Crippen LogP) is 5.90. The first-order valence-electron chi connectivity index (χ1n) is 8.82. The lowest BCUT2D eigenvalue weighted by Gasteiger charge is -2.16. The van der Waals surface area contributed by atoms with Gasteiger partial charge in [0.2, 0.25) is 0 Å². The number of hydrogen-bond acceptors (Lipinski definition) is 5. The molecule has 1 aliphatic heterocycles. The van der Waals surface area contributed by atoms with Crippen LogP contribution in [-0.4, -0.2) is 27.8 Å². The average molecular weight is 514 g/mol. The van der Waals surface area contributed by atoms with E-state index in [0.29, 0.717) is 4.91 Å². The highest BCUT2D eigenvalue weighted by molar-refractivity contribution is 8.26. The minimum absolute atomic E-state index is 0.193. The monoisotopic (exact) mass is 512 g/mol. The first kappa shape index (κ1) is 23.6. The molecule has 0 saturated carbocycles. The van der Waals surface area contributed by atoms with Crippen molar-refractivity contribution in [2.75, 3.05) is 6.61 Å². The van der Waals surface area contributed by atoms with Crippen molar-refractivity contribution in [3.05, 3.63) is 79.7 Å². The Hall–Kier alpha value is -2.03. The Balaban J connectivity index is 1.62. The number of halogens is 3. The van der Waals surface area contributed by atoms with Gasteiger partial charge in [0.15, 0.2) is 10.9 Å². The largest absolute Gasteiger partial charge is 0.482 e. The van der Waals surface area contributed by atoms with E-state index in [1.807, 2.05) is 43.3 Å². The summed E-state index contributed by atoms with van der Waals surface area (Å²) in [6.45, 7) is 1.48. The number of amides is 2. The van der Waals surface area contributed by atoms with Crippen molar-refractivity contribution >= 4 is 81.0 Å². The maximum Gasteiger partial charge on any atom is 0.285 e. The number of rotatable bonds is 6. The summed E-state index contributed by atoms with van der Waals surface area (Å²) >= 11 is 24.2. The zero-order valence-electron chi connectivity index (χ0n) is 16.0. The first-order chi connectivity index (χ1) is 14.7. The summed E-state index contributed by atoms with van der Waals surface area (Å²) in [5.41, 5.74) is 4.33. The molecule has 2 aromatic carbocycles. The average Bonchev–Trinajstić information content (AvgIpc) is 2.97. The van der Waals surface area contributed by atoms with Gasteiger partial charge in [0.05, 0.1) is 20.0 Å². The van der Waals surface area contributed by atoms with Gasteiger partial charge in [-0.25, -0.2) is 0 Å². The van der Waals surface area contributed by atoms with Gasteiger partial charge in [-0.2, -0.15) is 5.01 Å². The zero-order chi connectivity index (χ0) is 22.5. The normalized spacial score (nSPS) is 15.5. The Morgan fingerprint density at radius 2 is 1.84 bits per heavy atom. The van der Waals surface area contributed by atoms with E-state index >= 15 is 0 Å². The molecule has 0 aromatic heterocycles. The van der Waals surface area contributed by atoms with E-state index in [1.165, 1.54) is 12.1 Å². The van der Waals surface area contributed by atoms with E-state index in [4.69, 9.17) is 51.8 Å². The van der Waals surface area contributed by atoms with E-state index in [-0.39, 0.29) is 25.1 Å². The number of allylic oxidation sites excluding steroid dienone is 2. The molecule has 2 aromatic rings. The minimum Gasteiger partial charge on any atom is -0.482 e. The fourth-order valence-electron chi connectivity index (χ4n) is 2.54. The van der Waals surface area contributed by atoms with Crippen LogP contribution >= 0.6 is 58.8 Å². The van der Waals surface area contributed by atoms with Crippen molar-refractivity contribution in [2.45, 2.75) is 6.92 Å². The van der Waals surface area contributed by atoms with Gasteiger partial charge in [-0.15, -0.1) is 0 Å². The summed E-state index contributed by atoms with van der Waals surface area (Å²) in [6, 6.07) is 12.5. The number of benzene rings is 2. The highest BCUT2D eigenvalue weighted by Crippen LogP contribution is 2.34. The second kappa shape index (κ2) is 10.5. The second-order valence-electron chi connectivity index (χ2n) is 6.34. The molecule has 10 heteroatoms. The summed E-state index contributed by atoms with van der Waals surface area (Å²) in [5.74, 6) is -0.814. The van der Waals surface area contributed by atoms with Crippen molar-refractivity contribution in [1.29, 1.82) is 0 Å². The number of nitrogens with one attached hydrogen (secondary N) is 1. The molecule has 31 heavy (non-hydrogen) atoms. The van der Waals surface area contributed by atoms with Gasteiger partial charge in [0, 0.05) is 6.07 Å². The molecule has 0 radical (unpaired) electrons. The van der Waals surface area contributed by atoms with E-state index in [9.17, 15) is 9.59 Å². The summed E-state index contributed by atoms with van der Waals surface area (Å²) < 4.78 is 5.59. The molecule has 1 aliphatic rings. The molecule has 1 saturated heterocycles. The second-order valence-corrected chi connectivity index (χ2v) is 9.23. The molecule has 0 spiro atoms. The van der Waals surface area contributed by atoms with Crippen molar-refractivity contribution in [3.8, 4) is 5.75 Å². The minimum atomic E-state index is -0.587. The Morgan fingerprint density at radius 1 is 1.16 bits per heavy atom. The first-order valence-corrected chi connectivity index (χ1v) is 11.2. The quantitative estimate of drug-likeness (QED) is 0.296. The highest BCUT2D eigenvalue weighted by Gasteiger charge is 2.33. The summed E-state index contributed by atoms with van der Waals surface area (Å²) in [4.78, 5) is 25.3. The Kier molecular flexibility index (Phi) is 8.02. The van der Waals surface area contributed by atoms with Crippen molar-refractivity contribution < 1.29 is 14.3 Å². The van der Waals surface area contributed by atoms with Crippen molar-refractivity contribution in [2.24, 2.45) is 0 Å². The molecule has 0 bridgehead atoms. The van der Waals surface area contributed by atoms with Gasteiger partial charge < -0.3 is 4.74 Å².